The molecule has 1 aromatic heterocycles. The molecular weight excluding hydrogens is 469 g/mol. The van der Waals surface area contributed by atoms with E-state index in [9.17, 15) is 13.2 Å². The van der Waals surface area contributed by atoms with Crippen molar-refractivity contribution in [2.75, 3.05) is 50.8 Å². The first-order valence-corrected chi connectivity index (χ1v) is 12.9. The number of halogens is 3. The molecule has 0 aliphatic carbocycles. The number of hydrogen-bond acceptors (Lipinski definition) is 6. The zero-order chi connectivity index (χ0) is 25.2. The van der Waals surface area contributed by atoms with Gasteiger partial charge < -0.3 is 14.4 Å². The van der Waals surface area contributed by atoms with Gasteiger partial charge >= 0.3 is 6.18 Å². The molecule has 2 atom stereocenters. The van der Waals surface area contributed by atoms with Crippen LogP contribution in [0.3, 0.4) is 0 Å². The third-order valence-electron chi connectivity index (χ3n) is 7.81. The van der Waals surface area contributed by atoms with Crippen molar-refractivity contribution < 1.29 is 22.6 Å². The standard InChI is InChI=1S/C27H35F3N4O2/c1-2-23-25(36-23)34(24-18-22(8-11-31-24)27(28,29)30)20-26(9-16-35-17-10-26)33-14-12-32(13-15-33)19-21-6-4-3-5-7-21/h3-8,11,18,23,25H,2,9-10,12-17,19-20H2,1H3. The molecule has 9 heteroatoms. The Morgan fingerprint density at radius 1 is 1.06 bits per heavy atom. The van der Waals surface area contributed by atoms with E-state index in [-0.39, 0.29) is 17.9 Å². The van der Waals surface area contributed by atoms with Crippen LogP contribution in [0.2, 0.25) is 0 Å². The number of hydrogen-bond donors (Lipinski definition) is 0. The van der Waals surface area contributed by atoms with Gasteiger partial charge in [-0.1, -0.05) is 37.3 Å². The average Bonchev–Trinajstić information content (AvgIpc) is 3.68. The lowest BCUT2D eigenvalue weighted by molar-refractivity contribution is -0.137. The minimum Gasteiger partial charge on any atom is -0.381 e. The largest absolute Gasteiger partial charge is 0.416 e. The number of piperazine rings is 1. The number of ether oxygens (including phenoxy) is 2. The highest BCUT2D eigenvalue weighted by Gasteiger charge is 2.49. The van der Waals surface area contributed by atoms with Crippen LogP contribution in [0.4, 0.5) is 19.0 Å². The number of anilines is 1. The summed E-state index contributed by atoms with van der Waals surface area (Å²) in [5, 5.41) is 0. The summed E-state index contributed by atoms with van der Waals surface area (Å²) >= 11 is 0. The van der Waals surface area contributed by atoms with E-state index in [0.717, 1.165) is 58.1 Å². The molecule has 0 bridgehead atoms. The highest BCUT2D eigenvalue weighted by molar-refractivity contribution is 5.45. The second kappa shape index (κ2) is 10.7. The molecular formula is C27H35F3N4O2. The monoisotopic (exact) mass is 504 g/mol. The van der Waals surface area contributed by atoms with E-state index in [2.05, 4.69) is 39.0 Å². The third kappa shape index (κ3) is 5.69. The molecule has 0 radical (unpaired) electrons. The molecule has 5 rings (SSSR count). The molecule has 3 fully saturated rings. The Balaban J connectivity index is 1.35. The van der Waals surface area contributed by atoms with Crippen molar-refractivity contribution in [3.05, 3.63) is 59.8 Å². The molecule has 4 heterocycles. The lowest BCUT2D eigenvalue weighted by atomic mass is 9.86. The normalized spacial score (nSPS) is 25.0. The van der Waals surface area contributed by atoms with Crippen LogP contribution >= 0.6 is 0 Å². The van der Waals surface area contributed by atoms with Gasteiger partial charge in [-0.3, -0.25) is 9.80 Å². The van der Waals surface area contributed by atoms with Crippen molar-refractivity contribution >= 4 is 5.82 Å². The first kappa shape index (κ1) is 25.4. The van der Waals surface area contributed by atoms with Gasteiger partial charge in [0.15, 0.2) is 6.23 Å². The lowest BCUT2D eigenvalue weighted by Crippen LogP contribution is -2.63. The first-order chi connectivity index (χ1) is 17.4. The number of aromatic nitrogens is 1. The van der Waals surface area contributed by atoms with E-state index in [1.165, 1.54) is 17.8 Å². The molecule has 0 saturated carbocycles. The lowest BCUT2D eigenvalue weighted by Gasteiger charge is -2.51. The van der Waals surface area contributed by atoms with E-state index < -0.39 is 11.7 Å². The summed E-state index contributed by atoms with van der Waals surface area (Å²) in [5.41, 5.74) is 0.434. The van der Waals surface area contributed by atoms with Crippen molar-refractivity contribution in [3.8, 4) is 0 Å². The Bertz CT molecular complexity index is 992. The maximum atomic E-state index is 13.5. The van der Waals surface area contributed by atoms with E-state index in [1.54, 1.807) is 0 Å². The zero-order valence-corrected chi connectivity index (χ0v) is 20.8. The number of pyridine rings is 1. The summed E-state index contributed by atoms with van der Waals surface area (Å²) in [5.74, 6) is 0.333. The van der Waals surface area contributed by atoms with E-state index >= 15 is 0 Å². The molecule has 0 amide bonds. The minimum atomic E-state index is -4.41. The number of benzene rings is 1. The van der Waals surface area contributed by atoms with Crippen molar-refractivity contribution in [1.82, 2.24) is 14.8 Å². The van der Waals surface area contributed by atoms with Gasteiger partial charge in [-0.15, -0.1) is 0 Å². The summed E-state index contributed by atoms with van der Waals surface area (Å²) < 4.78 is 52.2. The minimum absolute atomic E-state index is 0.0148. The number of alkyl halides is 3. The van der Waals surface area contributed by atoms with Crippen molar-refractivity contribution in [2.24, 2.45) is 0 Å². The summed E-state index contributed by atoms with van der Waals surface area (Å²) in [4.78, 5) is 11.4. The van der Waals surface area contributed by atoms with Gasteiger partial charge in [-0.2, -0.15) is 13.2 Å². The molecule has 1 aromatic carbocycles. The maximum Gasteiger partial charge on any atom is 0.416 e. The van der Waals surface area contributed by atoms with Gasteiger partial charge in [0.1, 0.15) is 11.9 Å². The van der Waals surface area contributed by atoms with Crippen LogP contribution in [-0.4, -0.2) is 78.6 Å². The van der Waals surface area contributed by atoms with Crippen LogP contribution in [0.5, 0.6) is 0 Å². The SMILES string of the molecule is CCC1OC1N(CC1(N2CCN(Cc3ccccc3)CC2)CCOCC1)c1cc(C(F)(F)F)ccn1. The Kier molecular flexibility index (Phi) is 7.53. The third-order valence-corrected chi connectivity index (χ3v) is 7.81. The fourth-order valence-corrected chi connectivity index (χ4v) is 5.62. The second-order valence-electron chi connectivity index (χ2n) is 10.1. The molecule has 3 aliphatic rings. The predicted molar refractivity (Wildman–Crippen MR) is 132 cm³/mol. The summed E-state index contributed by atoms with van der Waals surface area (Å²) in [6, 6.07) is 12.7. The van der Waals surface area contributed by atoms with Gasteiger partial charge in [0.2, 0.25) is 0 Å². The van der Waals surface area contributed by atoms with Crippen molar-refractivity contribution in [2.45, 2.75) is 56.8 Å². The molecule has 2 aromatic rings. The molecule has 2 unspecified atom stereocenters. The summed E-state index contributed by atoms with van der Waals surface area (Å²) in [7, 11) is 0. The Morgan fingerprint density at radius 2 is 1.78 bits per heavy atom. The average molecular weight is 505 g/mol. The molecule has 0 N–H and O–H groups in total. The first-order valence-electron chi connectivity index (χ1n) is 12.9. The van der Waals surface area contributed by atoms with Gasteiger partial charge in [-0.25, -0.2) is 4.98 Å². The fraction of sp³-hybridized carbons (Fsp3) is 0.593. The quantitative estimate of drug-likeness (QED) is 0.497. The predicted octanol–water partition coefficient (Wildman–Crippen LogP) is 4.41. The number of rotatable bonds is 8. The molecule has 3 aliphatic heterocycles. The van der Waals surface area contributed by atoms with Crippen molar-refractivity contribution in [1.29, 1.82) is 0 Å². The van der Waals surface area contributed by atoms with E-state index in [0.29, 0.717) is 25.6 Å². The van der Waals surface area contributed by atoms with Crippen LogP contribution in [0.1, 0.15) is 37.3 Å². The highest BCUT2D eigenvalue weighted by atomic mass is 19.4. The van der Waals surface area contributed by atoms with Gasteiger partial charge in [0.25, 0.3) is 0 Å². The van der Waals surface area contributed by atoms with Crippen LogP contribution in [0.25, 0.3) is 0 Å². The van der Waals surface area contributed by atoms with E-state index in [1.807, 2.05) is 17.9 Å². The number of epoxide rings is 1. The van der Waals surface area contributed by atoms with Crippen LogP contribution in [0, 0.1) is 0 Å². The number of nitrogens with zero attached hydrogens (tertiary/aromatic N) is 4. The highest BCUT2D eigenvalue weighted by Crippen LogP contribution is 2.39. The smallest absolute Gasteiger partial charge is 0.381 e. The molecule has 36 heavy (non-hydrogen) atoms. The molecule has 6 nitrogen and oxygen atoms in total. The second-order valence-corrected chi connectivity index (χ2v) is 10.1. The molecule has 196 valence electrons. The summed E-state index contributed by atoms with van der Waals surface area (Å²) in [6.45, 7) is 8.59. The Labute approximate surface area is 211 Å². The van der Waals surface area contributed by atoms with Gasteiger partial charge in [0, 0.05) is 64.2 Å². The molecule has 3 saturated heterocycles. The van der Waals surface area contributed by atoms with Crippen LogP contribution in [0.15, 0.2) is 48.7 Å². The Morgan fingerprint density at radius 3 is 2.42 bits per heavy atom. The van der Waals surface area contributed by atoms with Crippen molar-refractivity contribution in [3.63, 3.8) is 0 Å². The summed E-state index contributed by atoms with van der Waals surface area (Å²) in [6.07, 6.45) is -0.897. The van der Waals surface area contributed by atoms with Gasteiger partial charge in [-0.05, 0) is 37.0 Å². The molecule has 0 spiro atoms. The zero-order valence-electron chi connectivity index (χ0n) is 20.8. The topological polar surface area (TPSA) is 44.4 Å². The maximum absolute atomic E-state index is 13.5. The van der Waals surface area contributed by atoms with E-state index in [4.69, 9.17) is 9.47 Å². The van der Waals surface area contributed by atoms with Crippen LogP contribution < -0.4 is 4.90 Å². The Hall–Kier alpha value is -2.20. The van der Waals surface area contributed by atoms with Gasteiger partial charge in [0.05, 0.1) is 5.56 Å². The van der Waals surface area contributed by atoms with Crippen LogP contribution in [-0.2, 0) is 22.2 Å². The fourth-order valence-electron chi connectivity index (χ4n) is 5.62.